The van der Waals surface area contributed by atoms with Crippen molar-refractivity contribution >= 4 is 47.3 Å². The summed E-state index contributed by atoms with van der Waals surface area (Å²) in [6, 6.07) is 3.66. The van der Waals surface area contributed by atoms with E-state index in [1.165, 1.54) is 19.3 Å². The number of ketones is 1. The first kappa shape index (κ1) is 21.9. The highest BCUT2D eigenvalue weighted by atomic mass is 35.5. The quantitative estimate of drug-likeness (QED) is 0.661. The van der Waals surface area contributed by atoms with E-state index in [0.717, 1.165) is 44.6 Å². The molecule has 28 heavy (non-hydrogen) atoms. The van der Waals surface area contributed by atoms with Crippen LogP contribution in [0.25, 0.3) is 0 Å². The van der Waals surface area contributed by atoms with Gasteiger partial charge in [0.25, 0.3) is 0 Å². The van der Waals surface area contributed by atoms with Gasteiger partial charge >= 0.3 is 0 Å². The van der Waals surface area contributed by atoms with Crippen molar-refractivity contribution in [1.82, 2.24) is 9.80 Å². The molecule has 1 aromatic rings. The van der Waals surface area contributed by atoms with E-state index in [1.807, 2.05) is 0 Å². The maximum Gasteiger partial charge on any atom is 0.230 e. The molecule has 0 spiro atoms. The number of fused-ring (bicyclic) bond motifs is 1. The SMILES string of the molecule is Cl.O=C1CCC(C(=O)N2CCCCC2CN2CCCC2)c2cc(Cl)c(Cl)cc21. The normalized spacial score (nSPS) is 25.4. The molecule has 1 aromatic carbocycles. The predicted octanol–water partition coefficient (Wildman–Crippen LogP) is 4.95. The van der Waals surface area contributed by atoms with Gasteiger partial charge in [-0.25, -0.2) is 0 Å². The summed E-state index contributed by atoms with van der Waals surface area (Å²) >= 11 is 12.3. The second-order valence-corrected chi connectivity index (χ2v) is 8.87. The third-order valence-corrected chi connectivity index (χ3v) is 7.03. The van der Waals surface area contributed by atoms with E-state index in [0.29, 0.717) is 28.5 Å². The maximum atomic E-state index is 13.5. The van der Waals surface area contributed by atoms with Gasteiger partial charge in [0.05, 0.1) is 16.0 Å². The van der Waals surface area contributed by atoms with Crippen LogP contribution in [0.3, 0.4) is 0 Å². The van der Waals surface area contributed by atoms with E-state index in [4.69, 9.17) is 23.2 Å². The Morgan fingerprint density at radius 2 is 1.68 bits per heavy atom. The zero-order valence-electron chi connectivity index (χ0n) is 16.0. The lowest BCUT2D eigenvalue weighted by Crippen LogP contribution is -2.51. The first-order chi connectivity index (χ1) is 13.0. The van der Waals surface area contributed by atoms with E-state index in [1.54, 1.807) is 12.1 Å². The fraction of sp³-hybridized carbons (Fsp3) is 0.619. The van der Waals surface area contributed by atoms with Crippen LogP contribution in [-0.2, 0) is 4.79 Å². The first-order valence-corrected chi connectivity index (χ1v) is 10.8. The van der Waals surface area contributed by atoms with Crippen LogP contribution in [0, 0.1) is 0 Å². The standard InChI is InChI=1S/C21H26Cl2N2O2.ClH/c22-18-11-16-15(6-7-20(26)17(16)12-19(18)23)21(27)25-10-2-1-5-14(25)13-24-8-3-4-9-24;/h11-12,14-15H,1-10,13H2;1H. The molecule has 1 aliphatic carbocycles. The zero-order chi connectivity index (χ0) is 19.0. The van der Waals surface area contributed by atoms with Gasteiger partial charge in [-0.15, -0.1) is 12.4 Å². The molecule has 2 unspecified atom stereocenters. The number of halogens is 3. The van der Waals surface area contributed by atoms with Crippen LogP contribution >= 0.6 is 35.6 Å². The minimum Gasteiger partial charge on any atom is -0.338 e. The summed E-state index contributed by atoms with van der Waals surface area (Å²) in [5, 5.41) is 0.789. The number of Topliss-reactive ketones (excluding diaryl/α,β-unsaturated/α-hetero) is 1. The van der Waals surface area contributed by atoms with Crippen molar-refractivity contribution in [2.75, 3.05) is 26.2 Å². The number of nitrogens with zero attached hydrogens (tertiary/aromatic N) is 2. The molecule has 0 radical (unpaired) electrons. The lowest BCUT2D eigenvalue weighted by molar-refractivity contribution is -0.137. The fourth-order valence-electron chi connectivity index (χ4n) is 4.86. The van der Waals surface area contributed by atoms with Gasteiger partial charge < -0.3 is 9.80 Å². The molecule has 2 heterocycles. The summed E-state index contributed by atoms with van der Waals surface area (Å²) in [5.74, 6) is -0.0717. The fourth-order valence-corrected chi connectivity index (χ4v) is 5.19. The van der Waals surface area contributed by atoms with Crippen molar-refractivity contribution in [3.05, 3.63) is 33.3 Å². The van der Waals surface area contributed by atoms with Gasteiger partial charge in [-0.2, -0.15) is 0 Å². The Labute approximate surface area is 182 Å². The Bertz CT molecular complexity index is 749. The Balaban J connectivity index is 0.00000225. The molecule has 1 amide bonds. The molecule has 154 valence electrons. The van der Waals surface area contributed by atoms with Crippen molar-refractivity contribution in [3.63, 3.8) is 0 Å². The molecule has 2 aliphatic heterocycles. The van der Waals surface area contributed by atoms with Gasteiger partial charge in [0.15, 0.2) is 5.78 Å². The van der Waals surface area contributed by atoms with E-state index in [-0.39, 0.29) is 36.1 Å². The summed E-state index contributed by atoms with van der Waals surface area (Å²) in [7, 11) is 0. The van der Waals surface area contributed by atoms with Crippen molar-refractivity contribution in [2.24, 2.45) is 0 Å². The number of carbonyl (C=O) groups is 2. The van der Waals surface area contributed by atoms with Gasteiger partial charge in [-0.05, 0) is 69.3 Å². The molecule has 0 bridgehead atoms. The molecular formula is C21H27Cl3N2O2. The number of amides is 1. The van der Waals surface area contributed by atoms with E-state index in [2.05, 4.69) is 9.80 Å². The predicted molar refractivity (Wildman–Crippen MR) is 115 cm³/mol. The van der Waals surface area contributed by atoms with Gasteiger partial charge in [-0.1, -0.05) is 23.2 Å². The van der Waals surface area contributed by atoms with Gasteiger partial charge in [-0.3, -0.25) is 9.59 Å². The molecule has 2 saturated heterocycles. The molecule has 4 rings (SSSR count). The van der Waals surface area contributed by atoms with Crippen molar-refractivity contribution in [3.8, 4) is 0 Å². The third kappa shape index (κ3) is 4.35. The largest absolute Gasteiger partial charge is 0.338 e. The average molecular weight is 446 g/mol. The lowest BCUT2D eigenvalue weighted by atomic mass is 9.80. The van der Waals surface area contributed by atoms with E-state index < -0.39 is 0 Å². The molecular weight excluding hydrogens is 419 g/mol. The highest BCUT2D eigenvalue weighted by Crippen LogP contribution is 2.38. The van der Waals surface area contributed by atoms with Crippen LogP contribution in [0.5, 0.6) is 0 Å². The zero-order valence-corrected chi connectivity index (χ0v) is 18.3. The first-order valence-electron chi connectivity index (χ1n) is 10.1. The van der Waals surface area contributed by atoms with Crippen molar-refractivity contribution in [1.29, 1.82) is 0 Å². The molecule has 2 atom stereocenters. The number of benzene rings is 1. The topological polar surface area (TPSA) is 40.6 Å². The number of hydrogen-bond acceptors (Lipinski definition) is 3. The second kappa shape index (κ2) is 9.34. The minimum absolute atomic E-state index is 0. The van der Waals surface area contributed by atoms with E-state index >= 15 is 0 Å². The lowest BCUT2D eigenvalue weighted by Gasteiger charge is -2.40. The summed E-state index contributed by atoms with van der Waals surface area (Å²) < 4.78 is 0. The van der Waals surface area contributed by atoms with Crippen molar-refractivity contribution in [2.45, 2.75) is 56.9 Å². The number of hydrogen-bond donors (Lipinski definition) is 0. The third-order valence-electron chi connectivity index (χ3n) is 6.30. The van der Waals surface area contributed by atoms with Crippen LogP contribution in [0.15, 0.2) is 12.1 Å². The van der Waals surface area contributed by atoms with Crippen LogP contribution < -0.4 is 0 Å². The number of piperidine rings is 1. The molecule has 4 nitrogen and oxygen atoms in total. The number of carbonyl (C=O) groups excluding carboxylic acids is 2. The molecule has 2 fully saturated rings. The summed E-state index contributed by atoms with van der Waals surface area (Å²) in [4.78, 5) is 30.5. The highest BCUT2D eigenvalue weighted by Gasteiger charge is 2.37. The minimum atomic E-state index is -0.286. The number of likely N-dealkylation sites (tertiary alicyclic amines) is 2. The summed E-state index contributed by atoms with van der Waals surface area (Å²) in [6.07, 6.45) is 6.80. The molecule has 3 aliphatic rings. The molecule has 0 aromatic heterocycles. The monoisotopic (exact) mass is 444 g/mol. The van der Waals surface area contributed by atoms with Crippen LogP contribution in [0.4, 0.5) is 0 Å². The highest BCUT2D eigenvalue weighted by molar-refractivity contribution is 6.42. The van der Waals surface area contributed by atoms with Crippen molar-refractivity contribution < 1.29 is 9.59 Å². The van der Waals surface area contributed by atoms with Crippen LogP contribution in [-0.4, -0.2) is 53.7 Å². The van der Waals surface area contributed by atoms with Crippen LogP contribution in [0.1, 0.15) is 66.8 Å². The summed E-state index contributed by atoms with van der Waals surface area (Å²) in [6.45, 7) is 4.09. The molecule has 7 heteroatoms. The Kier molecular flexibility index (Phi) is 7.30. The second-order valence-electron chi connectivity index (χ2n) is 8.06. The maximum absolute atomic E-state index is 13.5. The van der Waals surface area contributed by atoms with Crippen LogP contribution in [0.2, 0.25) is 10.0 Å². The van der Waals surface area contributed by atoms with Gasteiger partial charge in [0, 0.05) is 31.1 Å². The Hall–Kier alpha value is -0.810. The summed E-state index contributed by atoms with van der Waals surface area (Å²) in [5.41, 5.74) is 1.33. The Morgan fingerprint density at radius 1 is 1.00 bits per heavy atom. The van der Waals surface area contributed by atoms with Gasteiger partial charge in [0.1, 0.15) is 0 Å². The smallest absolute Gasteiger partial charge is 0.230 e. The van der Waals surface area contributed by atoms with E-state index in [9.17, 15) is 9.59 Å². The number of rotatable bonds is 3. The average Bonchev–Trinajstić information content (AvgIpc) is 3.17. The van der Waals surface area contributed by atoms with Gasteiger partial charge in [0.2, 0.25) is 5.91 Å². The molecule has 0 N–H and O–H groups in total. The molecule has 0 saturated carbocycles. The Morgan fingerprint density at radius 3 is 2.43 bits per heavy atom.